The molecule has 1 aromatic heterocycles. The van der Waals surface area contributed by atoms with Crippen LogP contribution in [0.4, 0.5) is 17.3 Å². The predicted molar refractivity (Wildman–Crippen MR) is 124 cm³/mol. The molecule has 2 aliphatic heterocycles. The van der Waals surface area contributed by atoms with E-state index in [9.17, 15) is 9.59 Å². The fourth-order valence-electron chi connectivity index (χ4n) is 4.20. The van der Waals surface area contributed by atoms with Gasteiger partial charge in [-0.2, -0.15) is 0 Å². The molecule has 2 aromatic carbocycles. The SMILES string of the molecule is CSc1ccc(N2CC(C(=O)N3CCN(C)c4nc5ccccc5nc43)CC2=O)cc1. The fraction of sp³-hybridized carbons (Fsp3) is 0.304. The number of hydrogen-bond donors (Lipinski definition) is 0. The number of likely N-dealkylation sites (N-methyl/N-ethyl adjacent to an activating group) is 1. The van der Waals surface area contributed by atoms with E-state index < -0.39 is 5.92 Å². The van der Waals surface area contributed by atoms with Gasteiger partial charge in [0.1, 0.15) is 0 Å². The third-order valence-corrected chi connectivity index (χ3v) is 6.68. The van der Waals surface area contributed by atoms with Crippen LogP contribution in [0.15, 0.2) is 53.4 Å². The zero-order chi connectivity index (χ0) is 21.5. The number of carbonyl (C=O) groups excluding carboxylic acids is 2. The first-order chi connectivity index (χ1) is 15.0. The number of rotatable bonds is 3. The fourth-order valence-corrected chi connectivity index (χ4v) is 4.61. The molecule has 0 N–H and O–H groups in total. The van der Waals surface area contributed by atoms with Crippen molar-refractivity contribution in [3.8, 4) is 0 Å². The lowest BCUT2D eigenvalue weighted by atomic mass is 10.1. The second-order valence-corrected chi connectivity index (χ2v) is 8.75. The van der Waals surface area contributed by atoms with E-state index in [1.807, 2.05) is 66.7 Å². The summed E-state index contributed by atoms with van der Waals surface area (Å²) in [6.07, 6.45) is 2.23. The average molecular weight is 434 g/mol. The molecule has 3 heterocycles. The number of carbonyl (C=O) groups is 2. The molecular formula is C23H23N5O2S. The summed E-state index contributed by atoms with van der Waals surface area (Å²) in [5.74, 6) is 0.807. The van der Waals surface area contributed by atoms with Crippen LogP contribution in [-0.4, -0.2) is 54.7 Å². The van der Waals surface area contributed by atoms with E-state index in [1.165, 1.54) is 0 Å². The van der Waals surface area contributed by atoms with Crippen molar-refractivity contribution in [2.75, 3.05) is 47.6 Å². The second kappa shape index (κ2) is 7.85. The zero-order valence-electron chi connectivity index (χ0n) is 17.5. The first-order valence-electron chi connectivity index (χ1n) is 10.3. The van der Waals surface area contributed by atoms with Gasteiger partial charge >= 0.3 is 0 Å². The Balaban J connectivity index is 1.42. The Hall–Kier alpha value is -3.13. The number of aromatic nitrogens is 2. The molecule has 0 aliphatic carbocycles. The largest absolute Gasteiger partial charge is 0.355 e. The van der Waals surface area contributed by atoms with Crippen molar-refractivity contribution in [2.45, 2.75) is 11.3 Å². The molecule has 2 aliphatic rings. The molecular weight excluding hydrogens is 410 g/mol. The standard InChI is InChI=1S/C23H23N5O2S/c1-26-11-12-27(22-21(26)24-18-5-3-4-6-19(18)25-22)23(30)15-13-20(29)28(14-15)16-7-9-17(31-2)10-8-16/h3-10,15H,11-14H2,1-2H3. The van der Waals surface area contributed by atoms with Crippen LogP contribution in [0.3, 0.4) is 0 Å². The Morgan fingerprint density at radius 3 is 2.35 bits per heavy atom. The Labute approximate surface area is 185 Å². The van der Waals surface area contributed by atoms with Gasteiger partial charge in [0.15, 0.2) is 11.6 Å². The van der Waals surface area contributed by atoms with Crippen LogP contribution < -0.4 is 14.7 Å². The molecule has 31 heavy (non-hydrogen) atoms. The van der Waals surface area contributed by atoms with Crippen molar-refractivity contribution in [3.63, 3.8) is 0 Å². The second-order valence-electron chi connectivity index (χ2n) is 7.87. The Morgan fingerprint density at radius 1 is 1.00 bits per heavy atom. The van der Waals surface area contributed by atoms with Gasteiger partial charge in [-0.05, 0) is 42.7 Å². The normalized spacial score (nSPS) is 18.6. The molecule has 0 bridgehead atoms. The van der Waals surface area contributed by atoms with Crippen LogP contribution >= 0.6 is 11.8 Å². The molecule has 0 saturated carbocycles. The molecule has 2 amide bonds. The highest BCUT2D eigenvalue weighted by molar-refractivity contribution is 7.98. The van der Waals surface area contributed by atoms with Crippen LogP contribution in [0.5, 0.6) is 0 Å². The number of benzene rings is 2. The van der Waals surface area contributed by atoms with Gasteiger partial charge in [0.05, 0.1) is 17.0 Å². The maximum atomic E-state index is 13.5. The van der Waals surface area contributed by atoms with Crippen LogP contribution in [0.2, 0.25) is 0 Å². The first kappa shape index (κ1) is 19.8. The molecule has 1 fully saturated rings. The van der Waals surface area contributed by atoms with Gasteiger partial charge in [0.2, 0.25) is 11.8 Å². The summed E-state index contributed by atoms with van der Waals surface area (Å²) in [4.78, 5) is 42.3. The predicted octanol–water partition coefficient (Wildman–Crippen LogP) is 3.19. The molecule has 158 valence electrons. The van der Waals surface area contributed by atoms with E-state index in [2.05, 4.69) is 0 Å². The molecule has 0 spiro atoms. The summed E-state index contributed by atoms with van der Waals surface area (Å²) >= 11 is 1.66. The lowest BCUT2D eigenvalue weighted by Gasteiger charge is -2.34. The van der Waals surface area contributed by atoms with Gasteiger partial charge in [0, 0.05) is 43.7 Å². The van der Waals surface area contributed by atoms with Gasteiger partial charge in [-0.15, -0.1) is 11.8 Å². The van der Waals surface area contributed by atoms with E-state index in [4.69, 9.17) is 9.97 Å². The summed E-state index contributed by atoms with van der Waals surface area (Å²) in [5.41, 5.74) is 2.40. The highest BCUT2D eigenvalue weighted by Crippen LogP contribution is 2.34. The molecule has 1 saturated heterocycles. The number of amides is 2. The average Bonchev–Trinajstić information content (AvgIpc) is 3.19. The maximum Gasteiger partial charge on any atom is 0.233 e. The number of hydrogen-bond acceptors (Lipinski definition) is 6. The van der Waals surface area contributed by atoms with Crippen molar-refractivity contribution >= 4 is 51.9 Å². The van der Waals surface area contributed by atoms with Crippen LogP contribution in [-0.2, 0) is 9.59 Å². The number of nitrogens with zero attached hydrogens (tertiary/aromatic N) is 5. The Bertz CT molecular complexity index is 1170. The molecule has 3 aromatic rings. The zero-order valence-corrected chi connectivity index (χ0v) is 18.3. The van der Waals surface area contributed by atoms with Crippen molar-refractivity contribution < 1.29 is 9.59 Å². The topological polar surface area (TPSA) is 69.6 Å². The van der Waals surface area contributed by atoms with Gasteiger partial charge < -0.3 is 9.80 Å². The third kappa shape index (κ3) is 3.50. The minimum atomic E-state index is -0.391. The van der Waals surface area contributed by atoms with E-state index >= 15 is 0 Å². The monoisotopic (exact) mass is 433 g/mol. The molecule has 8 heteroatoms. The maximum absolute atomic E-state index is 13.5. The summed E-state index contributed by atoms with van der Waals surface area (Å²) in [6.45, 7) is 1.59. The van der Waals surface area contributed by atoms with Crippen molar-refractivity contribution in [2.24, 2.45) is 5.92 Å². The van der Waals surface area contributed by atoms with Crippen LogP contribution in [0.25, 0.3) is 11.0 Å². The number of para-hydroxylation sites is 2. The highest BCUT2D eigenvalue weighted by atomic mass is 32.2. The van der Waals surface area contributed by atoms with Gasteiger partial charge in [-0.25, -0.2) is 9.97 Å². The smallest absolute Gasteiger partial charge is 0.233 e. The highest BCUT2D eigenvalue weighted by Gasteiger charge is 2.40. The van der Waals surface area contributed by atoms with E-state index in [1.54, 1.807) is 21.6 Å². The molecule has 5 rings (SSSR count). The summed E-state index contributed by atoms with van der Waals surface area (Å²) < 4.78 is 0. The van der Waals surface area contributed by atoms with Gasteiger partial charge in [-0.3, -0.25) is 14.5 Å². The van der Waals surface area contributed by atoms with Gasteiger partial charge in [-0.1, -0.05) is 12.1 Å². The lowest BCUT2D eigenvalue weighted by Crippen LogP contribution is -2.46. The number of anilines is 3. The van der Waals surface area contributed by atoms with E-state index in [-0.39, 0.29) is 18.2 Å². The third-order valence-electron chi connectivity index (χ3n) is 5.94. The lowest BCUT2D eigenvalue weighted by molar-refractivity contribution is -0.124. The van der Waals surface area contributed by atoms with Crippen molar-refractivity contribution in [3.05, 3.63) is 48.5 Å². The van der Waals surface area contributed by atoms with Crippen molar-refractivity contribution in [1.82, 2.24) is 9.97 Å². The first-order valence-corrected chi connectivity index (χ1v) is 11.5. The van der Waals surface area contributed by atoms with E-state index in [0.717, 1.165) is 21.6 Å². The number of thioether (sulfide) groups is 1. The quantitative estimate of drug-likeness (QED) is 0.591. The minimum Gasteiger partial charge on any atom is -0.355 e. The summed E-state index contributed by atoms with van der Waals surface area (Å²) in [7, 11) is 1.96. The summed E-state index contributed by atoms with van der Waals surface area (Å²) in [6, 6.07) is 15.6. The minimum absolute atomic E-state index is 0.0193. The molecule has 0 radical (unpaired) electrons. The molecule has 7 nitrogen and oxygen atoms in total. The van der Waals surface area contributed by atoms with E-state index in [0.29, 0.717) is 31.3 Å². The van der Waals surface area contributed by atoms with Gasteiger partial charge in [0.25, 0.3) is 0 Å². The van der Waals surface area contributed by atoms with Crippen LogP contribution in [0.1, 0.15) is 6.42 Å². The van der Waals surface area contributed by atoms with Crippen LogP contribution in [0, 0.1) is 5.92 Å². The molecule has 1 unspecified atom stereocenters. The Morgan fingerprint density at radius 2 is 1.68 bits per heavy atom. The molecule has 1 atom stereocenters. The number of fused-ring (bicyclic) bond motifs is 2. The summed E-state index contributed by atoms with van der Waals surface area (Å²) in [5, 5.41) is 0. The van der Waals surface area contributed by atoms with Crippen molar-refractivity contribution in [1.29, 1.82) is 0 Å². The Kier molecular flexibility index (Phi) is 5.02.